The molecule has 0 nitrogen and oxygen atoms in total. The first-order valence-corrected chi connectivity index (χ1v) is 3.98. The second-order valence-corrected chi connectivity index (χ2v) is 3.18. The van der Waals surface area contributed by atoms with Crippen LogP contribution in [0.3, 0.4) is 0 Å². The Hall–Kier alpha value is -0.990. The van der Waals surface area contributed by atoms with Crippen LogP contribution in [0.2, 0.25) is 0 Å². The molecule has 1 aromatic rings. The van der Waals surface area contributed by atoms with Gasteiger partial charge in [0.05, 0.1) is 5.56 Å². The van der Waals surface area contributed by atoms with Gasteiger partial charge in [0.2, 0.25) is 0 Å². The normalized spacial score (nSPS) is 11.8. The van der Waals surface area contributed by atoms with Crippen LogP contribution >= 0.6 is 0 Å². The fourth-order valence-corrected chi connectivity index (χ4v) is 1.26. The molecule has 1 aromatic carbocycles. The highest BCUT2D eigenvalue weighted by Gasteiger charge is 2.32. The smallest absolute Gasteiger partial charge is 0.166 e. The zero-order chi connectivity index (χ0) is 10.2. The molecule has 0 saturated carbocycles. The van der Waals surface area contributed by atoms with E-state index in [4.69, 9.17) is 0 Å². The standard InChI is InChI=1S/C10H11F3/c1-6-4-5-9(10(11,12)13)8(3)7(6)2/h4-5H,1-3H3. The number of aryl methyl sites for hydroxylation is 1. The van der Waals surface area contributed by atoms with Crippen molar-refractivity contribution in [3.05, 3.63) is 34.4 Å². The molecule has 0 N–H and O–H groups in total. The molecule has 0 unspecified atom stereocenters. The number of rotatable bonds is 0. The van der Waals surface area contributed by atoms with Gasteiger partial charge in [-0.15, -0.1) is 0 Å². The summed E-state index contributed by atoms with van der Waals surface area (Å²) in [7, 11) is 0. The van der Waals surface area contributed by atoms with E-state index in [0.29, 0.717) is 5.56 Å². The van der Waals surface area contributed by atoms with E-state index in [2.05, 4.69) is 0 Å². The van der Waals surface area contributed by atoms with Gasteiger partial charge in [-0.1, -0.05) is 6.07 Å². The Morgan fingerprint density at radius 2 is 1.46 bits per heavy atom. The Bertz CT molecular complexity index is 324. The van der Waals surface area contributed by atoms with Gasteiger partial charge < -0.3 is 0 Å². The molecule has 0 atom stereocenters. The molecule has 13 heavy (non-hydrogen) atoms. The highest BCUT2D eigenvalue weighted by molar-refractivity contribution is 5.40. The van der Waals surface area contributed by atoms with Gasteiger partial charge in [-0.3, -0.25) is 0 Å². The predicted octanol–water partition coefficient (Wildman–Crippen LogP) is 3.63. The maximum Gasteiger partial charge on any atom is 0.416 e. The van der Waals surface area contributed by atoms with Crippen LogP contribution in [-0.2, 0) is 6.18 Å². The summed E-state index contributed by atoms with van der Waals surface area (Å²) in [6.45, 7) is 5.02. The molecule has 0 aliphatic rings. The van der Waals surface area contributed by atoms with Crippen LogP contribution < -0.4 is 0 Å². The van der Waals surface area contributed by atoms with E-state index in [9.17, 15) is 13.2 Å². The zero-order valence-electron chi connectivity index (χ0n) is 7.79. The van der Waals surface area contributed by atoms with Gasteiger partial charge in [-0.05, 0) is 43.5 Å². The van der Waals surface area contributed by atoms with Crippen LogP contribution in [0, 0.1) is 20.8 Å². The van der Waals surface area contributed by atoms with Crippen molar-refractivity contribution in [1.82, 2.24) is 0 Å². The third-order valence-electron chi connectivity index (χ3n) is 2.36. The average Bonchev–Trinajstić information content (AvgIpc) is 1.98. The molecule has 0 aliphatic heterocycles. The molecule has 1 rings (SSSR count). The third-order valence-corrected chi connectivity index (χ3v) is 2.36. The Labute approximate surface area is 75.4 Å². The first kappa shape index (κ1) is 10.1. The van der Waals surface area contributed by atoms with E-state index >= 15 is 0 Å². The molecule has 0 heterocycles. The largest absolute Gasteiger partial charge is 0.416 e. The monoisotopic (exact) mass is 188 g/mol. The van der Waals surface area contributed by atoms with Gasteiger partial charge in [-0.2, -0.15) is 13.2 Å². The quantitative estimate of drug-likeness (QED) is 0.583. The van der Waals surface area contributed by atoms with Crippen LogP contribution in [0.5, 0.6) is 0 Å². The molecule has 0 bridgehead atoms. The maximum atomic E-state index is 12.4. The Morgan fingerprint density at radius 3 is 1.92 bits per heavy atom. The molecule has 0 saturated heterocycles. The number of hydrogen-bond acceptors (Lipinski definition) is 0. The van der Waals surface area contributed by atoms with Gasteiger partial charge in [0.25, 0.3) is 0 Å². The molecular weight excluding hydrogens is 177 g/mol. The zero-order valence-corrected chi connectivity index (χ0v) is 7.79. The Balaban J connectivity index is 3.35. The van der Waals surface area contributed by atoms with Crippen LogP contribution in [0.25, 0.3) is 0 Å². The summed E-state index contributed by atoms with van der Waals surface area (Å²) in [6.07, 6.45) is -4.23. The lowest BCUT2D eigenvalue weighted by Gasteiger charge is -2.13. The molecule has 0 spiro atoms. The number of alkyl halides is 3. The minimum atomic E-state index is -4.23. The molecule has 0 aromatic heterocycles. The average molecular weight is 188 g/mol. The topological polar surface area (TPSA) is 0 Å². The number of benzene rings is 1. The van der Waals surface area contributed by atoms with Gasteiger partial charge >= 0.3 is 6.18 Å². The van der Waals surface area contributed by atoms with E-state index in [-0.39, 0.29) is 0 Å². The first-order chi connectivity index (χ1) is 5.84. The highest BCUT2D eigenvalue weighted by atomic mass is 19.4. The molecule has 0 fully saturated rings. The SMILES string of the molecule is Cc1ccc(C(F)(F)F)c(C)c1C. The minimum absolute atomic E-state index is 0.326. The lowest BCUT2D eigenvalue weighted by Crippen LogP contribution is -2.08. The van der Waals surface area contributed by atoms with Crippen molar-refractivity contribution in [2.45, 2.75) is 26.9 Å². The van der Waals surface area contributed by atoms with Gasteiger partial charge in [0.1, 0.15) is 0 Å². The fraction of sp³-hybridized carbons (Fsp3) is 0.400. The van der Waals surface area contributed by atoms with Crippen molar-refractivity contribution in [3.8, 4) is 0 Å². The second-order valence-electron chi connectivity index (χ2n) is 3.18. The van der Waals surface area contributed by atoms with Crippen molar-refractivity contribution in [2.75, 3.05) is 0 Å². The maximum absolute atomic E-state index is 12.4. The lowest BCUT2D eigenvalue weighted by atomic mass is 9.99. The number of hydrogen-bond donors (Lipinski definition) is 0. The fourth-order valence-electron chi connectivity index (χ4n) is 1.26. The Kier molecular flexibility index (Phi) is 2.37. The van der Waals surface area contributed by atoms with E-state index in [1.54, 1.807) is 6.92 Å². The van der Waals surface area contributed by atoms with Gasteiger partial charge in [0, 0.05) is 0 Å². The van der Waals surface area contributed by atoms with E-state index < -0.39 is 11.7 Å². The predicted molar refractivity (Wildman–Crippen MR) is 45.7 cm³/mol. The van der Waals surface area contributed by atoms with Crippen molar-refractivity contribution in [1.29, 1.82) is 0 Å². The van der Waals surface area contributed by atoms with Crippen LogP contribution in [0.15, 0.2) is 12.1 Å². The van der Waals surface area contributed by atoms with Crippen LogP contribution in [-0.4, -0.2) is 0 Å². The van der Waals surface area contributed by atoms with Crippen molar-refractivity contribution < 1.29 is 13.2 Å². The highest BCUT2D eigenvalue weighted by Crippen LogP contribution is 2.33. The summed E-state index contributed by atoms with van der Waals surface area (Å²) in [6, 6.07) is 2.64. The summed E-state index contributed by atoms with van der Waals surface area (Å²) in [5.74, 6) is 0. The summed E-state index contributed by atoms with van der Waals surface area (Å²) in [5, 5.41) is 0. The molecule has 72 valence electrons. The summed E-state index contributed by atoms with van der Waals surface area (Å²) in [4.78, 5) is 0. The summed E-state index contributed by atoms with van der Waals surface area (Å²) in [5.41, 5.74) is 1.41. The van der Waals surface area contributed by atoms with E-state index in [1.807, 2.05) is 6.92 Å². The summed E-state index contributed by atoms with van der Waals surface area (Å²) < 4.78 is 37.1. The molecular formula is C10H11F3. The first-order valence-electron chi connectivity index (χ1n) is 3.98. The van der Waals surface area contributed by atoms with Crippen LogP contribution in [0.1, 0.15) is 22.3 Å². The van der Waals surface area contributed by atoms with Crippen molar-refractivity contribution in [3.63, 3.8) is 0 Å². The molecule has 0 radical (unpaired) electrons. The molecule has 0 aliphatic carbocycles. The second kappa shape index (κ2) is 3.05. The van der Waals surface area contributed by atoms with E-state index in [0.717, 1.165) is 17.2 Å². The number of halogens is 3. The third kappa shape index (κ3) is 1.85. The van der Waals surface area contributed by atoms with Crippen molar-refractivity contribution in [2.24, 2.45) is 0 Å². The van der Waals surface area contributed by atoms with Gasteiger partial charge in [0.15, 0.2) is 0 Å². The minimum Gasteiger partial charge on any atom is -0.166 e. The van der Waals surface area contributed by atoms with Crippen LogP contribution in [0.4, 0.5) is 13.2 Å². The summed E-state index contributed by atoms with van der Waals surface area (Å²) >= 11 is 0. The molecule has 0 amide bonds. The molecule has 3 heteroatoms. The van der Waals surface area contributed by atoms with Gasteiger partial charge in [-0.25, -0.2) is 0 Å². The van der Waals surface area contributed by atoms with Crippen molar-refractivity contribution >= 4 is 0 Å². The Morgan fingerprint density at radius 1 is 0.923 bits per heavy atom. The van der Waals surface area contributed by atoms with E-state index in [1.165, 1.54) is 13.0 Å². The lowest BCUT2D eigenvalue weighted by molar-refractivity contribution is -0.138.